The second-order valence-electron chi connectivity index (χ2n) is 13.1. The molecule has 278 valence electrons. The van der Waals surface area contributed by atoms with Crippen molar-refractivity contribution in [2.45, 2.75) is 144 Å². The van der Waals surface area contributed by atoms with E-state index in [1.54, 1.807) is 14.2 Å². The second-order valence-corrected chi connectivity index (χ2v) is 14.6. The average molecular weight is 671 g/mol. The molecule has 0 radical (unpaired) electrons. The fourth-order valence-corrected chi connectivity index (χ4v) is 3.13. The molecule has 0 spiro atoms. The summed E-state index contributed by atoms with van der Waals surface area (Å²) >= 11 is 1.88. The van der Waals surface area contributed by atoms with Crippen LogP contribution in [-0.4, -0.2) is 43.8 Å². The molecule has 4 nitrogen and oxygen atoms in total. The van der Waals surface area contributed by atoms with Crippen LogP contribution in [0.3, 0.4) is 0 Å². The molecule has 0 amide bonds. The summed E-state index contributed by atoms with van der Waals surface area (Å²) in [5.41, 5.74) is 0. The average Bonchev–Trinajstić information content (AvgIpc) is 2.87. The summed E-state index contributed by atoms with van der Waals surface area (Å²) in [5.74, 6) is 5.10. The van der Waals surface area contributed by atoms with Crippen LogP contribution in [0, 0.1) is 35.5 Å². The van der Waals surface area contributed by atoms with Gasteiger partial charge in [-0.15, -0.1) is 11.8 Å². The summed E-state index contributed by atoms with van der Waals surface area (Å²) < 4.78 is 10.6. The number of thioether (sulfide) groups is 1. The molecule has 0 aromatic rings. The molecule has 0 aliphatic heterocycles. The first kappa shape index (κ1) is 59.5. The maximum absolute atomic E-state index is 5.28. The molecule has 0 rings (SSSR count). The maximum Gasteiger partial charge on any atom is 0.156 e. The standard InChI is InChI=1S/C12H22O2.C10H18.C8H18N2.C8H16S.3CH4/c1-9(2)7-11(13-5)12(14-6)8-10(3)4;1-9(2)7-5-6-8-10(3)4;1-7(2)6-9-10(5)8(3)4;1-7(2)5-6-9-8(3)4;;;/h7-10H,1-6H3;5-10H,1-4H3;6-8H,1-5H3;5-8H,1-4H3;3*1H4/b11-7+,12-8+;7-5-,8-6-;9-6-;6-5-;;;. The van der Waals surface area contributed by atoms with Crippen LogP contribution >= 0.6 is 11.8 Å². The first-order valence-electron chi connectivity index (χ1n) is 16.3. The van der Waals surface area contributed by atoms with E-state index in [9.17, 15) is 0 Å². The Kier molecular flexibility index (Phi) is 50.9. The third-order valence-corrected chi connectivity index (χ3v) is 5.72. The van der Waals surface area contributed by atoms with Crippen molar-refractivity contribution in [1.82, 2.24) is 5.01 Å². The molecule has 0 saturated heterocycles. The van der Waals surface area contributed by atoms with Crippen molar-refractivity contribution >= 4 is 18.0 Å². The highest BCUT2D eigenvalue weighted by molar-refractivity contribution is 8.02. The van der Waals surface area contributed by atoms with Gasteiger partial charge in [0.2, 0.25) is 0 Å². The molecule has 0 unspecified atom stereocenters. The van der Waals surface area contributed by atoms with Crippen LogP contribution in [0.25, 0.3) is 0 Å². The second kappa shape index (κ2) is 39.3. The predicted octanol–water partition coefficient (Wildman–Crippen LogP) is 13.9. The Morgan fingerprint density at radius 3 is 1.11 bits per heavy atom. The van der Waals surface area contributed by atoms with Crippen LogP contribution in [0.1, 0.15) is 133 Å². The number of hydrazone groups is 1. The van der Waals surface area contributed by atoms with E-state index in [4.69, 9.17) is 9.47 Å². The number of methoxy groups -OCH3 is 2. The van der Waals surface area contributed by atoms with Gasteiger partial charge >= 0.3 is 0 Å². The Morgan fingerprint density at radius 1 is 0.543 bits per heavy atom. The molecule has 46 heavy (non-hydrogen) atoms. The Morgan fingerprint density at radius 2 is 0.891 bits per heavy atom. The van der Waals surface area contributed by atoms with Crippen molar-refractivity contribution in [3.63, 3.8) is 0 Å². The molecule has 0 aliphatic rings. The fraction of sp³-hybridized carbons (Fsp3) is 0.732. The fourth-order valence-electron chi connectivity index (χ4n) is 2.41. The van der Waals surface area contributed by atoms with E-state index >= 15 is 0 Å². The van der Waals surface area contributed by atoms with Gasteiger partial charge in [-0.25, -0.2) is 0 Å². The van der Waals surface area contributed by atoms with Gasteiger partial charge in [-0.05, 0) is 66.9 Å². The van der Waals surface area contributed by atoms with Crippen LogP contribution in [0.2, 0.25) is 0 Å². The molecule has 0 bridgehead atoms. The number of hydrogen-bond acceptors (Lipinski definition) is 5. The molecule has 5 heteroatoms. The lowest BCUT2D eigenvalue weighted by molar-refractivity contribution is 0.216. The van der Waals surface area contributed by atoms with Crippen molar-refractivity contribution in [2.75, 3.05) is 21.3 Å². The zero-order valence-electron chi connectivity index (χ0n) is 31.9. The molecule has 0 heterocycles. The zero-order chi connectivity index (χ0) is 34.5. The molecule has 0 N–H and O–H groups in total. The third-order valence-electron chi connectivity index (χ3n) is 4.86. The van der Waals surface area contributed by atoms with Gasteiger partial charge < -0.3 is 9.47 Å². The van der Waals surface area contributed by atoms with Gasteiger partial charge in [-0.3, -0.25) is 5.01 Å². The number of hydrogen-bond donors (Lipinski definition) is 0. The van der Waals surface area contributed by atoms with E-state index in [1.165, 1.54) is 0 Å². The van der Waals surface area contributed by atoms with Crippen molar-refractivity contribution < 1.29 is 9.47 Å². The lowest BCUT2D eigenvalue weighted by Crippen LogP contribution is -2.20. The molecular weight excluding hydrogens is 585 g/mol. The number of allylic oxidation sites excluding steroid dienone is 7. The molecule has 0 aliphatic carbocycles. The zero-order valence-corrected chi connectivity index (χ0v) is 32.8. The highest BCUT2D eigenvalue weighted by Gasteiger charge is 2.07. The Balaban J connectivity index is -0.0000000876. The van der Waals surface area contributed by atoms with Gasteiger partial charge in [0.05, 0.1) is 14.2 Å². The molecule has 0 aromatic heterocycles. The Labute approximate surface area is 297 Å². The monoisotopic (exact) mass is 671 g/mol. The van der Waals surface area contributed by atoms with Crippen LogP contribution in [0.4, 0.5) is 0 Å². The van der Waals surface area contributed by atoms with Crippen molar-refractivity contribution in [3.05, 3.63) is 59.5 Å². The minimum Gasteiger partial charge on any atom is -0.493 e. The van der Waals surface area contributed by atoms with Crippen molar-refractivity contribution in [1.29, 1.82) is 0 Å². The summed E-state index contributed by atoms with van der Waals surface area (Å²) in [6, 6.07) is 0.495. The summed E-state index contributed by atoms with van der Waals surface area (Å²) in [6.45, 7) is 34.5. The topological polar surface area (TPSA) is 34.1 Å². The van der Waals surface area contributed by atoms with Crippen LogP contribution < -0.4 is 0 Å². The quantitative estimate of drug-likeness (QED) is 0.0797. The molecule has 0 atom stereocenters. The first-order chi connectivity index (χ1) is 19.8. The minimum absolute atomic E-state index is 0. The minimum atomic E-state index is 0. The van der Waals surface area contributed by atoms with E-state index in [0.717, 1.165) is 16.8 Å². The highest BCUT2D eigenvalue weighted by atomic mass is 32.2. The van der Waals surface area contributed by atoms with Crippen molar-refractivity contribution in [2.24, 2.45) is 40.6 Å². The SMILES string of the molecule is C.C.C.CC(C)/C=C\C=C/C(C)C.CC(C)/C=C\SC(C)C.CC(C)/C=N\N(C)C(C)C.COC(=C/C(C)C)/C(=C\C(C)C)OC. The first-order valence-corrected chi connectivity index (χ1v) is 17.2. The van der Waals surface area contributed by atoms with Gasteiger partial charge in [-0.2, -0.15) is 5.10 Å². The largest absolute Gasteiger partial charge is 0.493 e. The van der Waals surface area contributed by atoms with Gasteiger partial charge in [0, 0.05) is 24.6 Å². The van der Waals surface area contributed by atoms with E-state index in [-0.39, 0.29) is 22.3 Å². The molecular formula is C41H86N2O2S. The summed E-state index contributed by atoms with van der Waals surface area (Å²) in [4.78, 5) is 0. The van der Waals surface area contributed by atoms with Crippen LogP contribution in [0.15, 0.2) is 64.6 Å². The number of ether oxygens (including phenoxy) is 2. The van der Waals surface area contributed by atoms with Crippen LogP contribution in [-0.2, 0) is 9.47 Å². The van der Waals surface area contributed by atoms with Crippen molar-refractivity contribution in [3.8, 4) is 0 Å². The van der Waals surface area contributed by atoms with E-state index in [0.29, 0.717) is 41.5 Å². The maximum atomic E-state index is 5.28. The third kappa shape index (κ3) is 54.6. The summed E-state index contributed by atoms with van der Waals surface area (Å²) in [5, 5.41) is 9.10. The van der Waals surface area contributed by atoms with Gasteiger partial charge in [0.15, 0.2) is 11.5 Å². The van der Waals surface area contributed by atoms with Gasteiger partial charge in [0.25, 0.3) is 0 Å². The lowest BCUT2D eigenvalue weighted by atomic mass is 10.1. The summed E-state index contributed by atoms with van der Waals surface area (Å²) in [7, 11) is 5.33. The van der Waals surface area contributed by atoms with Gasteiger partial charge in [-0.1, -0.05) is 150 Å². The van der Waals surface area contributed by atoms with E-state index < -0.39 is 0 Å². The molecule has 0 saturated carbocycles. The smallest absolute Gasteiger partial charge is 0.156 e. The summed E-state index contributed by atoms with van der Waals surface area (Å²) in [6.07, 6.45) is 16.9. The van der Waals surface area contributed by atoms with E-state index in [2.05, 4.69) is 164 Å². The normalized spacial score (nSPS) is 12.0. The Hall–Kier alpha value is -1.88. The number of nitrogens with zero attached hydrogens (tertiary/aromatic N) is 2. The van der Waals surface area contributed by atoms with Gasteiger partial charge in [0.1, 0.15) is 0 Å². The predicted molar refractivity (Wildman–Crippen MR) is 221 cm³/mol. The lowest BCUT2D eigenvalue weighted by Gasteiger charge is -2.16. The van der Waals surface area contributed by atoms with Crippen LogP contribution in [0.5, 0.6) is 0 Å². The highest BCUT2D eigenvalue weighted by Crippen LogP contribution is 2.16. The molecule has 0 fully saturated rings. The Bertz CT molecular complexity index is 744. The molecule has 0 aromatic carbocycles. The number of rotatable bonds is 14. The van der Waals surface area contributed by atoms with E-state index in [1.807, 2.05) is 30.0 Å².